The van der Waals surface area contributed by atoms with Gasteiger partial charge in [0, 0.05) is 54.7 Å². The van der Waals surface area contributed by atoms with Gasteiger partial charge in [0.15, 0.2) is 11.5 Å². The quantitative estimate of drug-likeness (QED) is 0.119. The Morgan fingerprint density at radius 3 is 2.27 bits per heavy atom. The number of aryl methyl sites for hydroxylation is 2. The molecule has 0 radical (unpaired) electrons. The number of rotatable bonds is 11. The molecule has 0 unspecified atom stereocenters. The highest BCUT2D eigenvalue weighted by molar-refractivity contribution is 6.32. The Morgan fingerprint density at radius 1 is 0.833 bits per heavy atom. The molecule has 2 aliphatic heterocycles. The fourth-order valence-electron chi connectivity index (χ4n) is 10.3. The van der Waals surface area contributed by atoms with E-state index in [9.17, 15) is 19.5 Å². The van der Waals surface area contributed by atoms with Gasteiger partial charge in [-0.05, 0) is 47.4 Å². The van der Waals surface area contributed by atoms with Crippen LogP contribution in [0.2, 0.25) is 5.02 Å². The molecule has 4 heterocycles. The number of phenolic OH excluding ortho intramolecular Hbond substituents is 1. The maximum absolute atomic E-state index is 15.6. The van der Waals surface area contributed by atoms with E-state index < -0.39 is 52.0 Å². The Morgan fingerprint density at radius 2 is 1.56 bits per heavy atom. The number of imide groups is 1. The van der Waals surface area contributed by atoms with Crippen LogP contribution < -0.4 is 36.0 Å². The third-order valence-electron chi connectivity index (χ3n) is 13.3. The molecule has 15 nitrogen and oxygen atoms in total. The van der Waals surface area contributed by atoms with E-state index >= 15 is 9.59 Å². The molecule has 2 fully saturated rings. The number of hydrogen-bond donors (Lipinski definition) is 1. The molecular formula is C50H43ClN6O9. The zero-order chi connectivity index (χ0) is 46.0. The number of aromatic hydroxyl groups is 1. The molecule has 7 aromatic rings. The number of hydrogen-bond acceptors (Lipinski definition) is 10. The van der Waals surface area contributed by atoms with Crippen molar-refractivity contribution in [3.63, 3.8) is 0 Å². The highest BCUT2D eigenvalue weighted by atomic mass is 35.5. The van der Waals surface area contributed by atoms with Crippen molar-refractivity contribution in [2.45, 2.75) is 49.9 Å². The monoisotopic (exact) mass is 906 g/mol. The topological polar surface area (TPSA) is 169 Å². The lowest BCUT2D eigenvalue weighted by atomic mass is 9.53. The van der Waals surface area contributed by atoms with Gasteiger partial charge in [0.05, 0.1) is 54.9 Å². The van der Waals surface area contributed by atoms with Crippen molar-refractivity contribution >= 4 is 40.1 Å². The number of aromatic nitrogens is 5. The van der Waals surface area contributed by atoms with E-state index in [4.69, 9.17) is 25.8 Å². The Bertz CT molecular complexity index is 3320. The lowest BCUT2D eigenvalue weighted by Gasteiger charge is -2.49. The number of halogens is 1. The molecule has 16 heteroatoms. The number of benzene rings is 5. The van der Waals surface area contributed by atoms with Crippen LogP contribution in [0.1, 0.15) is 40.8 Å². The average Bonchev–Trinajstić information content (AvgIpc) is 3.71. The van der Waals surface area contributed by atoms with Gasteiger partial charge in [-0.25, -0.2) is 33.4 Å². The number of methoxy groups -OCH3 is 2. The van der Waals surface area contributed by atoms with Crippen LogP contribution in [0.3, 0.4) is 0 Å². The van der Waals surface area contributed by atoms with Gasteiger partial charge < -0.3 is 23.9 Å². The molecule has 1 saturated carbocycles. The molecule has 2 aromatic heterocycles. The van der Waals surface area contributed by atoms with Gasteiger partial charge in [0.1, 0.15) is 23.8 Å². The molecule has 1 N–H and O–H groups in total. The van der Waals surface area contributed by atoms with Crippen LogP contribution >= 0.6 is 11.6 Å². The van der Waals surface area contributed by atoms with E-state index in [1.165, 1.54) is 34.2 Å². The molecule has 1 aliphatic carbocycles. The molecule has 0 spiro atoms. The largest absolute Gasteiger partial charge is 0.508 e. The summed E-state index contributed by atoms with van der Waals surface area (Å²) < 4.78 is 22.2. The minimum atomic E-state index is -1.63. The number of carbonyl (C=O) groups is 2. The lowest BCUT2D eigenvalue weighted by Crippen LogP contribution is -2.53. The van der Waals surface area contributed by atoms with Gasteiger partial charge in [-0.15, -0.1) is 0 Å². The Kier molecular flexibility index (Phi) is 10.5. The Balaban J connectivity index is 1.10. The molecule has 2 amide bonds. The van der Waals surface area contributed by atoms with Crippen molar-refractivity contribution in [3.8, 4) is 23.0 Å². The van der Waals surface area contributed by atoms with Crippen molar-refractivity contribution < 1.29 is 28.9 Å². The van der Waals surface area contributed by atoms with Crippen LogP contribution in [-0.4, -0.2) is 54.6 Å². The van der Waals surface area contributed by atoms with Gasteiger partial charge >= 0.3 is 11.4 Å². The number of fused-ring (bicyclic) bond motifs is 5. The number of ether oxygens (including phenoxy) is 3. The second kappa shape index (κ2) is 16.4. The number of carbonyl (C=O) groups excluding carboxylic acids is 2. The predicted molar refractivity (Wildman–Crippen MR) is 246 cm³/mol. The van der Waals surface area contributed by atoms with E-state index in [0.717, 1.165) is 15.0 Å². The first-order chi connectivity index (χ1) is 32.0. The van der Waals surface area contributed by atoms with Crippen LogP contribution in [0.4, 0.5) is 5.69 Å². The zero-order valence-electron chi connectivity index (χ0n) is 36.1. The Hall–Kier alpha value is -7.65. The van der Waals surface area contributed by atoms with Crippen molar-refractivity contribution in [1.29, 1.82) is 0 Å². The summed E-state index contributed by atoms with van der Waals surface area (Å²) in [5.41, 5.74) is 0.413. The number of nitrogens with zero attached hydrogens (tertiary/aromatic N) is 6. The molecule has 10 rings (SSSR count). The summed E-state index contributed by atoms with van der Waals surface area (Å²) in [6.07, 6.45) is 1.72. The smallest absolute Gasteiger partial charge is 0.347 e. The summed E-state index contributed by atoms with van der Waals surface area (Å²) in [5.74, 6) is -2.12. The number of amides is 2. The van der Waals surface area contributed by atoms with Crippen molar-refractivity contribution in [2.75, 3.05) is 19.1 Å². The number of anilines is 1. The third-order valence-corrected chi connectivity index (χ3v) is 13.5. The zero-order valence-corrected chi connectivity index (χ0v) is 36.8. The van der Waals surface area contributed by atoms with Crippen LogP contribution in [0.5, 0.6) is 23.0 Å². The van der Waals surface area contributed by atoms with Gasteiger partial charge in [-0.1, -0.05) is 90.5 Å². The minimum Gasteiger partial charge on any atom is -0.508 e. The molecule has 1 saturated heterocycles. The highest BCUT2D eigenvalue weighted by Crippen LogP contribution is 2.63. The highest BCUT2D eigenvalue weighted by Gasteiger charge is 2.69. The summed E-state index contributed by atoms with van der Waals surface area (Å²) in [7, 11) is 4.59. The van der Waals surface area contributed by atoms with Crippen molar-refractivity contribution in [1.82, 2.24) is 23.5 Å². The third kappa shape index (κ3) is 6.55. The van der Waals surface area contributed by atoms with E-state index in [1.54, 1.807) is 79.8 Å². The van der Waals surface area contributed by atoms with Gasteiger partial charge in [-0.3, -0.25) is 14.4 Å². The Labute approximate surface area is 381 Å². The SMILES string of the molecule is COc1cc2nc(CCn3c(=O)n4n(c3=O)[C@@H]3C[C@H]5C(=O)N(c6cccc(Cl)c6)C(=O)[C@@]5(c5ccccc5)[C@@H](c5ccc(OCc6ccccc6)cc5O)C3=CC4)c(=O)n(C)c2cc1OC. The van der Waals surface area contributed by atoms with Crippen LogP contribution in [-0.2, 0) is 48.2 Å². The normalized spacial score (nSPS) is 19.8. The maximum atomic E-state index is 15.6. The lowest BCUT2D eigenvalue weighted by molar-refractivity contribution is -0.124. The van der Waals surface area contributed by atoms with Gasteiger partial charge in [0.25, 0.3) is 5.56 Å². The van der Waals surface area contributed by atoms with Crippen LogP contribution in [0.15, 0.2) is 141 Å². The first-order valence-electron chi connectivity index (χ1n) is 21.4. The average molecular weight is 907 g/mol. The molecule has 5 aromatic carbocycles. The predicted octanol–water partition coefficient (Wildman–Crippen LogP) is 6.05. The molecule has 4 atom stereocenters. The molecule has 334 valence electrons. The van der Waals surface area contributed by atoms with Crippen molar-refractivity contribution in [3.05, 3.63) is 186 Å². The van der Waals surface area contributed by atoms with E-state index in [2.05, 4.69) is 4.98 Å². The van der Waals surface area contributed by atoms with E-state index in [0.29, 0.717) is 50.0 Å². The number of phenols is 1. The van der Waals surface area contributed by atoms with Crippen LogP contribution in [0.25, 0.3) is 11.0 Å². The second-order valence-electron chi connectivity index (χ2n) is 16.6. The maximum Gasteiger partial charge on any atom is 0.347 e. The second-order valence-corrected chi connectivity index (χ2v) is 17.1. The molecule has 66 heavy (non-hydrogen) atoms. The fraction of sp³-hybridized carbons (Fsp3) is 0.240. The minimum absolute atomic E-state index is 0.0423. The fourth-order valence-corrected chi connectivity index (χ4v) is 10.5. The van der Waals surface area contributed by atoms with Gasteiger partial charge in [-0.2, -0.15) is 0 Å². The van der Waals surface area contributed by atoms with E-state index in [-0.39, 0.29) is 49.7 Å². The first kappa shape index (κ1) is 42.3. The van der Waals surface area contributed by atoms with Crippen LogP contribution in [0, 0.1) is 5.92 Å². The summed E-state index contributed by atoms with van der Waals surface area (Å²) in [4.78, 5) is 79.3. The molecule has 3 aliphatic rings. The summed E-state index contributed by atoms with van der Waals surface area (Å²) in [6, 6.07) is 32.4. The summed E-state index contributed by atoms with van der Waals surface area (Å²) in [6.45, 7) is -0.00367. The molecular weight excluding hydrogens is 864 g/mol. The number of allylic oxidation sites excluding steroid dienone is 2. The summed E-state index contributed by atoms with van der Waals surface area (Å²) in [5, 5.41) is 12.4. The van der Waals surface area contributed by atoms with E-state index in [1.807, 2.05) is 42.5 Å². The summed E-state index contributed by atoms with van der Waals surface area (Å²) >= 11 is 6.46. The van der Waals surface area contributed by atoms with Crippen molar-refractivity contribution in [2.24, 2.45) is 13.0 Å². The first-order valence-corrected chi connectivity index (χ1v) is 21.8. The molecule has 0 bridgehead atoms. The van der Waals surface area contributed by atoms with Gasteiger partial charge in [0.2, 0.25) is 11.8 Å². The standard InChI is InChI=1S/C50H43ClN6O9/c1-53-40-27-43(65-3)42(64-2)26-38(40)52-37(46(53)60)20-21-54-48(62)55-22-19-34-39(57(55)49(54)63)25-36-45(59)56(32-16-10-15-31(51)23-32)47(61)50(36,30-13-8-5-9-14-30)44(34)35-18-17-33(24-41(35)58)66-28-29-11-6-4-7-12-29/h4-19,23-24,26-27,36,39,44,58H,20-22,25,28H2,1-3H3/t36-,39+,44+,50+/m0/s1.